The lowest BCUT2D eigenvalue weighted by Crippen LogP contribution is -1.85. The number of rotatable bonds is 2. The Morgan fingerprint density at radius 3 is 1.60 bits per heavy atom. The van der Waals surface area contributed by atoms with Crippen molar-refractivity contribution >= 4 is 43.7 Å². The fourth-order valence-corrected chi connectivity index (χ4v) is 1.34. The largest absolute Gasteiger partial charge is 0.320 e. The standard InChI is InChI=1S/C6H6Br2N2/c7-9-5-3-1-2-4-6(5)10-8/h1-4,9-10H. The van der Waals surface area contributed by atoms with Gasteiger partial charge in [0, 0.05) is 32.3 Å². The number of benzene rings is 1. The van der Waals surface area contributed by atoms with E-state index in [0.29, 0.717) is 0 Å². The Hall–Kier alpha value is -0.220. The molecule has 1 aromatic carbocycles. The van der Waals surface area contributed by atoms with Gasteiger partial charge < -0.3 is 8.69 Å². The highest BCUT2D eigenvalue weighted by Gasteiger charge is 1.94. The molecule has 0 heterocycles. The van der Waals surface area contributed by atoms with Gasteiger partial charge in [0.25, 0.3) is 0 Å². The number of hydrogen-bond acceptors (Lipinski definition) is 2. The number of para-hydroxylation sites is 2. The molecule has 2 nitrogen and oxygen atoms in total. The fourth-order valence-electron chi connectivity index (χ4n) is 0.648. The second-order valence-corrected chi connectivity index (χ2v) is 2.53. The molecular formula is C6H6Br2N2. The van der Waals surface area contributed by atoms with Gasteiger partial charge in [-0.05, 0) is 12.1 Å². The van der Waals surface area contributed by atoms with E-state index in [1.165, 1.54) is 0 Å². The Labute approximate surface area is 76.7 Å². The third kappa shape index (κ3) is 1.64. The number of hydrogen-bond donors (Lipinski definition) is 2. The van der Waals surface area contributed by atoms with E-state index in [1.807, 2.05) is 24.3 Å². The van der Waals surface area contributed by atoms with Crippen LogP contribution in [0.1, 0.15) is 0 Å². The van der Waals surface area contributed by atoms with Crippen molar-refractivity contribution in [2.75, 3.05) is 8.69 Å². The van der Waals surface area contributed by atoms with Crippen LogP contribution in [-0.2, 0) is 0 Å². The number of nitrogens with one attached hydrogen (secondary N) is 2. The molecule has 10 heavy (non-hydrogen) atoms. The minimum absolute atomic E-state index is 0.999. The predicted octanol–water partition coefficient (Wildman–Crippen LogP) is 3.13. The first-order valence-electron chi connectivity index (χ1n) is 2.71. The van der Waals surface area contributed by atoms with Crippen LogP contribution in [0, 0.1) is 0 Å². The molecule has 0 spiro atoms. The van der Waals surface area contributed by atoms with Crippen molar-refractivity contribution in [1.82, 2.24) is 0 Å². The van der Waals surface area contributed by atoms with Gasteiger partial charge in [-0.2, -0.15) is 0 Å². The van der Waals surface area contributed by atoms with Crippen molar-refractivity contribution < 1.29 is 0 Å². The van der Waals surface area contributed by atoms with Gasteiger partial charge in [-0.25, -0.2) is 0 Å². The van der Waals surface area contributed by atoms with Crippen molar-refractivity contribution in [3.63, 3.8) is 0 Å². The molecule has 4 heteroatoms. The highest BCUT2D eigenvalue weighted by molar-refractivity contribution is 9.10. The third-order valence-electron chi connectivity index (χ3n) is 1.13. The van der Waals surface area contributed by atoms with Crippen molar-refractivity contribution in [2.24, 2.45) is 0 Å². The van der Waals surface area contributed by atoms with Crippen LogP contribution >= 0.6 is 32.3 Å². The lowest BCUT2D eigenvalue weighted by atomic mass is 10.3. The Balaban J connectivity index is 2.96. The summed E-state index contributed by atoms with van der Waals surface area (Å²) in [5, 5.41) is 0. The van der Waals surface area contributed by atoms with E-state index in [4.69, 9.17) is 0 Å². The predicted molar refractivity (Wildman–Crippen MR) is 51.5 cm³/mol. The second kappa shape index (κ2) is 3.83. The number of anilines is 2. The van der Waals surface area contributed by atoms with E-state index in [1.54, 1.807) is 0 Å². The van der Waals surface area contributed by atoms with Gasteiger partial charge in [0.2, 0.25) is 0 Å². The van der Waals surface area contributed by atoms with Crippen LogP contribution in [0.4, 0.5) is 11.4 Å². The summed E-state index contributed by atoms with van der Waals surface area (Å²) in [4.78, 5) is 0. The molecule has 2 N–H and O–H groups in total. The van der Waals surface area contributed by atoms with Crippen LogP contribution in [0.15, 0.2) is 24.3 Å². The molecule has 0 aromatic heterocycles. The summed E-state index contributed by atoms with van der Waals surface area (Å²) in [5.41, 5.74) is 2.00. The average molecular weight is 266 g/mol. The van der Waals surface area contributed by atoms with E-state index >= 15 is 0 Å². The van der Waals surface area contributed by atoms with E-state index in [2.05, 4.69) is 41.0 Å². The minimum atomic E-state index is 0.999. The van der Waals surface area contributed by atoms with E-state index < -0.39 is 0 Å². The summed E-state index contributed by atoms with van der Waals surface area (Å²) in [5.74, 6) is 0. The summed E-state index contributed by atoms with van der Waals surface area (Å²) in [6, 6.07) is 7.82. The van der Waals surface area contributed by atoms with Crippen LogP contribution in [-0.4, -0.2) is 0 Å². The monoisotopic (exact) mass is 264 g/mol. The van der Waals surface area contributed by atoms with Crippen LogP contribution in [0.25, 0.3) is 0 Å². The summed E-state index contributed by atoms with van der Waals surface area (Å²) in [7, 11) is 0. The molecular weight excluding hydrogens is 260 g/mol. The van der Waals surface area contributed by atoms with Crippen molar-refractivity contribution in [3.8, 4) is 0 Å². The maximum absolute atomic E-state index is 3.14. The van der Waals surface area contributed by atoms with Crippen LogP contribution in [0.5, 0.6) is 0 Å². The van der Waals surface area contributed by atoms with Crippen LogP contribution in [0.2, 0.25) is 0 Å². The molecule has 0 fully saturated rings. The maximum atomic E-state index is 3.14. The quantitative estimate of drug-likeness (QED) is 0.803. The minimum Gasteiger partial charge on any atom is -0.320 e. The normalized spacial score (nSPS) is 9.00. The van der Waals surface area contributed by atoms with Crippen molar-refractivity contribution in [3.05, 3.63) is 24.3 Å². The molecule has 0 aliphatic rings. The molecule has 0 saturated carbocycles. The average Bonchev–Trinajstić information content (AvgIpc) is 2.04. The first kappa shape index (κ1) is 7.88. The molecule has 0 unspecified atom stereocenters. The number of halogens is 2. The van der Waals surface area contributed by atoms with Gasteiger partial charge in [-0.15, -0.1) is 0 Å². The Kier molecular flexibility index (Phi) is 3.02. The Bertz CT molecular complexity index is 192. The summed E-state index contributed by atoms with van der Waals surface area (Å²) in [6.07, 6.45) is 0. The lowest BCUT2D eigenvalue weighted by molar-refractivity contribution is 1.67. The third-order valence-corrected chi connectivity index (χ3v) is 1.99. The fraction of sp³-hybridized carbons (Fsp3) is 0. The second-order valence-electron chi connectivity index (χ2n) is 1.73. The highest BCUT2D eigenvalue weighted by atomic mass is 79.9. The van der Waals surface area contributed by atoms with Crippen molar-refractivity contribution in [2.45, 2.75) is 0 Å². The molecule has 1 aromatic rings. The zero-order chi connectivity index (χ0) is 7.40. The van der Waals surface area contributed by atoms with Crippen LogP contribution < -0.4 is 8.69 Å². The molecule has 0 aliphatic heterocycles. The lowest BCUT2D eigenvalue weighted by Gasteiger charge is -2.03. The molecule has 1 rings (SSSR count). The first-order chi connectivity index (χ1) is 4.88. The van der Waals surface area contributed by atoms with E-state index in [-0.39, 0.29) is 0 Å². The van der Waals surface area contributed by atoms with Gasteiger partial charge in [-0.3, -0.25) is 0 Å². The SMILES string of the molecule is BrNc1ccccc1NBr. The van der Waals surface area contributed by atoms with E-state index in [0.717, 1.165) is 11.4 Å². The zero-order valence-electron chi connectivity index (χ0n) is 5.07. The Morgan fingerprint density at radius 2 is 1.30 bits per heavy atom. The van der Waals surface area contributed by atoms with E-state index in [9.17, 15) is 0 Å². The zero-order valence-corrected chi connectivity index (χ0v) is 8.24. The smallest absolute Gasteiger partial charge is 0.0683 e. The molecule has 0 saturated heterocycles. The summed E-state index contributed by atoms with van der Waals surface area (Å²) < 4.78 is 5.73. The molecule has 0 aliphatic carbocycles. The van der Waals surface area contributed by atoms with Gasteiger partial charge in [0.05, 0.1) is 11.4 Å². The van der Waals surface area contributed by atoms with Gasteiger partial charge in [0.1, 0.15) is 0 Å². The highest BCUT2D eigenvalue weighted by Crippen LogP contribution is 2.22. The maximum Gasteiger partial charge on any atom is 0.0683 e. The van der Waals surface area contributed by atoms with Gasteiger partial charge in [-0.1, -0.05) is 12.1 Å². The topological polar surface area (TPSA) is 24.1 Å². The molecule has 54 valence electrons. The van der Waals surface area contributed by atoms with Gasteiger partial charge in [0.15, 0.2) is 0 Å². The molecule has 0 atom stereocenters. The van der Waals surface area contributed by atoms with Crippen molar-refractivity contribution in [1.29, 1.82) is 0 Å². The van der Waals surface area contributed by atoms with Crippen LogP contribution in [0.3, 0.4) is 0 Å². The summed E-state index contributed by atoms with van der Waals surface area (Å²) in [6.45, 7) is 0. The first-order valence-corrected chi connectivity index (χ1v) is 4.29. The Morgan fingerprint density at radius 1 is 0.900 bits per heavy atom. The van der Waals surface area contributed by atoms with Gasteiger partial charge >= 0.3 is 0 Å². The summed E-state index contributed by atoms with van der Waals surface area (Å²) >= 11 is 6.28. The molecule has 0 radical (unpaired) electrons. The molecule has 0 amide bonds. The molecule has 0 bridgehead atoms.